The minimum Gasteiger partial charge on any atom is -0.325 e. The lowest BCUT2D eigenvalue weighted by atomic mass is 10.1. The highest BCUT2D eigenvalue weighted by Gasteiger charge is 2.22. The van der Waals surface area contributed by atoms with E-state index in [1.54, 1.807) is 24.3 Å². The van der Waals surface area contributed by atoms with E-state index in [1.165, 1.54) is 18.7 Å². The molecule has 0 atom stereocenters. The summed E-state index contributed by atoms with van der Waals surface area (Å²) >= 11 is 1.30. The second kappa shape index (κ2) is 10.0. The molecule has 1 heterocycles. The summed E-state index contributed by atoms with van der Waals surface area (Å²) in [5.41, 5.74) is 3.09. The number of Topliss-reactive ketones (excluding diaryl/α,β-unsaturated/α-hetero) is 1. The number of nitrogens with one attached hydrogen (secondary N) is 1. The van der Waals surface area contributed by atoms with Crippen LogP contribution in [0.5, 0.6) is 0 Å². The number of rotatable bonds is 9. The van der Waals surface area contributed by atoms with Gasteiger partial charge in [-0.25, -0.2) is 4.79 Å². The molecule has 1 aliphatic carbocycles. The summed E-state index contributed by atoms with van der Waals surface area (Å²) in [6.45, 7) is 3.08. The molecule has 0 bridgehead atoms. The summed E-state index contributed by atoms with van der Waals surface area (Å²) in [4.78, 5) is 42.9. The SMILES string of the molecule is CC(=O)c1cccc(NC(=O)CSc2nc(=O)n(CCCN(C)C)c3c2CCC3)c1. The second-order valence-electron chi connectivity index (χ2n) is 7.76. The molecular weight excluding hydrogens is 400 g/mol. The molecule has 1 aromatic carbocycles. The third-order valence-corrected chi connectivity index (χ3v) is 6.10. The average Bonchev–Trinajstić information content (AvgIpc) is 3.18. The molecule has 1 aliphatic rings. The van der Waals surface area contributed by atoms with Crippen molar-refractivity contribution in [2.45, 2.75) is 44.2 Å². The van der Waals surface area contributed by atoms with Crippen LogP contribution in [0.1, 0.15) is 41.4 Å². The van der Waals surface area contributed by atoms with Crippen molar-refractivity contribution in [3.8, 4) is 0 Å². The Hall–Kier alpha value is -2.45. The molecule has 0 unspecified atom stereocenters. The molecule has 1 amide bonds. The van der Waals surface area contributed by atoms with Gasteiger partial charge in [-0.3, -0.25) is 14.2 Å². The first kappa shape index (κ1) is 22.2. The minimum absolute atomic E-state index is 0.0496. The lowest BCUT2D eigenvalue weighted by molar-refractivity contribution is -0.113. The number of fused-ring (bicyclic) bond motifs is 1. The van der Waals surface area contributed by atoms with E-state index < -0.39 is 0 Å². The number of amides is 1. The number of hydrogen-bond donors (Lipinski definition) is 1. The summed E-state index contributed by atoms with van der Waals surface area (Å²) in [7, 11) is 4.04. The third kappa shape index (κ3) is 5.58. The van der Waals surface area contributed by atoms with Gasteiger partial charge in [-0.05, 0) is 65.4 Å². The normalized spacial score (nSPS) is 12.8. The lowest BCUT2D eigenvalue weighted by Crippen LogP contribution is -2.29. The average molecular weight is 429 g/mol. The zero-order valence-corrected chi connectivity index (χ0v) is 18.6. The molecule has 1 aromatic heterocycles. The number of nitrogens with zero attached hydrogens (tertiary/aromatic N) is 3. The van der Waals surface area contributed by atoms with Crippen LogP contribution in [0.2, 0.25) is 0 Å². The van der Waals surface area contributed by atoms with Crippen LogP contribution in [-0.4, -0.2) is 52.5 Å². The fourth-order valence-corrected chi connectivity index (χ4v) is 4.50. The van der Waals surface area contributed by atoms with Gasteiger partial charge in [0.05, 0.1) is 5.75 Å². The van der Waals surface area contributed by atoms with Gasteiger partial charge in [0.15, 0.2) is 5.78 Å². The van der Waals surface area contributed by atoms with Crippen LogP contribution in [0.3, 0.4) is 0 Å². The van der Waals surface area contributed by atoms with Gasteiger partial charge in [0.25, 0.3) is 0 Å². The summed E-state index contributed by atoms with van der Waals surface area (Å²) in [6.07, 6.45) is 3.68. The van der Waals surface area contributed by atoms with Crippen LogP contribution in [0.15, 0.2) is 34.1 Å². The van der Waals surface area contributed by atoms with Crippen molar-refractivity contribution < 1.29 is 9.59 Å². The van der Waals surface area contributed by atoms with Gasteiger partial charge in [0.2, 0.25) is 5.91 Å². The molecule has 30 heavy (non-hydrogen) atoms. The van der Waals surface area contributed by atoms with Crippen LogP contribution in [0.4, 0.5) is 5.69 Å². The zero-order valence-electron chi connectivity index (χ0n) is 17.7. The van der Waals surface area contributed by atoms with Crippen molar-refractivity contribution in [3.05, 3.63) is 51.6 Å². The first-order valence-corrected chi connectivity index (χ1v) is 11.1. The maximum Gasteiger partial charge on any atom is 0.348 e. The Balaban J connectivity index is 1.67. The van der Waals surface area contributed by atoms with Gasteiger partial charge in [0.1, 0.15) is 5.03 Å². The van der Waals surface area contributed by atoms with Gasteiger partial charge in [-0.2, -0.15) is 4.98 Å². The van der Waals surface area contributed by atoms with Gasteiger partial charge < -0.3 is 10.2 Å². The van der Waals surface area contributed by atoms with Crippen molar-refractivity contribution >= 4 is 29.1 Å². The van der Waals surface area contributed by atoms with Crippen molar-refractivity contribution in [1.82, 2.24) is 14.5 Å². The summed E-state index contributed by atoms with van der Waals surface area (Å²) in [5, 5.41) is 3.48. The highest BCUT2D eigenvalue weighted by molar-refractivity contribution is 8.00. The number of carbonyl (C=O) groups excluding carboxylic acids is 2. The second-order valence-corrected chi connectivity index (χ2v) is 8.72. The number of benzene rings is 1. The largest absolute Gasteiger partial charge is 0.348 e. The molecule has 7 nitrogen and oxygen atoms in total. The van der Waals surface area contributed by atoms with E-state index in [-0.39, 0.29) is 23.1 Å². The number of anilines is 1. The van der Waals surface area contributed by atoms with Gasteiger partial charge in [-0.15, -0.1) is 0 Å². The molecule has 160 valence electrons. The quantitative estimate of drug-likeness (QED) is 0.376. The summed E-state index contributed by atoms with van der Waals surface area (Å²) in [6, 6.07) is 6.87. The van der Waals surface area contributed by atoms with Crippen molar-refractivity contribution in [2.75, 3.05) is 31.7 Å². The predicted molar refractivity (Wildman–Crippen MR) is 119 cm³/mol. The Morgan fingerprint density at radius 2 is 2.07 bits per heavy atom. The molecule has 3 rings (SSSR count). The van der Waals surface area contributed by atoms with E-state index >= 15 is 0 Å². The number of aromatic nitrogens is 2. The molecule has 1 N–H and O–H groups in total. The number of ketones is 1. The first-order chi connectivity index (χ1) is 14.3. The number of carbonyl (C=O) groups is 2. The molecule has 2 aromatic rings. The summed E-state index contributed by atoms with van der Waals surface area (Å²) < 4.78 is 1.81. The zero-order chi connectivity index (χ0) is 21.7. The van der Waals surface area contributed by atoms with Crippen LogP contribution in [-0.2, 0) is 24.2 Å². The molecule has 0 radical (unpaired) electrons. The fraction of sp³-hybridized carbons (Fsp3) is 0.455. The van der Waals surface area contributed by atoms with E-state index in [4.69, 9.17) is 0 Å². The topological polar surface area (TPSA) is 84.3 Å². The first-order valence-electron chi connectivity index (χ1n) is 10.2. The van der Waals surface area contributed by atoms with Crippen LogP contribution in [0, 0.1) is 0 Å². The fourth-order valence-electron chi connectivity index (χ4n) is 3.63. The van der Waals surface area contributed by atoms with E-state index in [0.717, 1.165) is 43.5 Å². The number of thioether (sulfide) groups is 1. The Kier molecular flexibility index (Phi) is 7.44. The minimum atomic E-state index is -0.230. The lowest BCUT2D eigenvalue weighted by Gasteiger charge is -2.15. The number of hydrogen-bond acceptors (Lipinski definition) is 6. The summed E-state index contributed by atoms with van der Waals surface area (Å²) in [5.74, 6) is -0.0795. The standard InChI is InChI=1S/C22H28N4O3S/c1-15(27)16-7-4-8-17(13-16)23-20(28)14-30-21-18-9-5-10-19(18)26(22(29)24-21)12-6-11-25(2)3/h4,7-8,13H,5-6,9-12,14H2,1-3H3,(H,23,28). The highest BCUT2D eigenvalue weighted by atomic mass is 32.2. The molecule has 0 fully saturated rings. The smallest absolute Gasteiger partial charge is 0.325 e. The van der Waals surface area contributed by atoms with E-state index in [1.807, 2.05) is 18.7 Å². The molecule has 0 saturated heterocycles. The third-order valence-electron chi connectivity index (χ3n) is 5.08. The van der Waals surface area contributed by atoms with E-state index in [9.17, 15) is 14.4 Å². The van der Waals surface area contributed by atoms with Crippen molar-refractivity contribution in [3.63, 3.8) is 0 Å². The van der Waals surface area contributed by atoms with Gasteiger partial charge in [0, 0.05) is 29.1 Å². The van der Waals surface area contributed by atoms with Crippen LogP contribution in [0.25, 0.3) is 0 Å². The Bertz CT molecular complexity index is 1000. The van der Waals surface area contributed by atoms with Crippen molar-refractivity contribution in [2.24, 2.45) is 0 Å². The maximum atomic E-state index is 12.6. The highest BCUT2D eigenvalue weighted by Crippen LogP contribution is 2.29. The van der Waals surface area contributed by atoms with Crippen molar-refractivity contribution in [1.29, 1.82) is 0 Å². The molecule has 0 aliphatic heterocycles. The molecule has 0 saturated carbocycles. The Morgan fingerprint density at radius 1 is 1.27 bits per heavy atom. The Labute approximate surface area is 180 Å². The van der Waals surface area contributed by atoms with Crippen LogP contribution >= 0.6 is 11.8 Å². The molecule has 8 heteroatoms. The monoisotopic (exact) mass is 428 g/mol. The molecule has 0 spiro atoms. The predicted octanol–water partition coefficient (Wildman–Crippen LogP) is 2.62. The van der Waals surface area contributed by atoms with Gasteiger partial charge in [-0.1, -0.05) is 23.9 Å². The maximum absolute atomic E-state index is 12.6. The van der Waals surface area contributed by atoms with Gasteiger partial charge >= 0.3 is 5.69 Å². The van der Waals surface area contributed by atoms with Crippen LogP contribution < -0.4 is 11.0 Å². The van der Waals surface area contributed by atoms with E-state index in [2.05, 4.69) is 15.2 Å². The Morgan fingerprint density at radius 3 is 2.80 bits per heavy atom. The van der Waals surface area contributed by atoms with E-state index in [0.29, 0.717) is 22.8 Å². The molecular formula is C22H28N4O3S.